The summed E-state index contributed by atoms with van der Waals surface area (Å²) < 4.78 is 27.0. The van der Waals surface area contributed by atoms with Gasteiger partial charge in [0.15, 0.2) is 0 Å². The molecule has 1 aliphatic heterocycles. The van der Waals surface area contributed by atoms with Crippen molar-refractivity contribution >= 4 is 0 Å². The standard InChI is InChI=1S/C16H22F2N2/c1-12(2)11-20-8-6-13(7-9-20)19-10-14-15(17)4-3-5-16(14)18/h3-5,13,19H,1,6-11H2,2H3. The van der Waals surface area contributed by atoms with Gasteiger partial charge in [0, 0.05) is 24.7 Å². The lowest BCUT2D eigenvalue weighted by Gasteiger charge is -2.32. The van der Waals surface area contributed by atoms with Crippen LogP contribution in [0.25, 0.3) is 0 Å². The number of nitrogens with zero attached hydrogens (tertiary/aromatic N) is 1. The Bertz CT molecular complexity index is 445. The van der Waals surface area contributed by atoms with Crippen LogP contribution in [0.2, 0.25) is 0 Å². The molecule has 1 aromatic rings. The summed E-state index contributed by atoms with van der Waals surface area (Å²) in [5.41, 5.74) is 1.31. The zero-order chi connectivity index (χ0) is 14.5. The van der Waals surface area contributed by atoms with E-state index in [-0.39, 0.29) is 12.1 Å². The summed E-state index contributed by atoms with van der Waals surface area (Å²) >= 11 is 0. The molecular formula is C16H22F2N2. The third-order valence-corrected chi connectivity index (χ3v) is 3.71. The fourth-order valence-electron chi connectivity index (χ4n) is 2.62. The van der Waals surface area contributed by atoms with Gasteiger partial charge in [-0.2, -0.15) is 0 Å². The van der Waals surface area contributed by atoms with E-state index in [9.17, 15) is 8.78 Å². The van der Waals surface area contributed by atoms with Gasteiger partial charge in [-0.25, -0.2) is 8.78 Å². The molecule has 0 atom stereocenters. The lowest BCUT2D eigenvalue weighted by atomic mass is 10.0. The van der Waals surface area contributed by atoms with Gasteiger partial charge < -0.3 is 5.32 Å². The zero-order valence-corrected chi connectivity index (χ0v) is 12.0. The van der Waals surface area contributed by atoms with Crippen LogP contribution in [0.1, 0.15) is 25.3 Å². The third-order valence-electron chi connectivity index (χ3n) is 3.71. The summed E-state index contributed by atoms with van der Waals surface area (Å²) in [6.45, 7) is 9.16. The smallest absolute Gasteiger partial charge is 0.130 e. The number of rotatable bonds is 5. The molecule has 1 saturated heterocycles. The molecular weight excluding hydrogens is 258 g/mol. The van der Waals surface area contributed by atoms with Gasteiger partial charge >= 0.3 is 0 Å². The van der Waals surface area contributed by atoms with E-state index in [1.54, 1.807) is 0 Å². The molecule has 1 aliphatic rings. The van der Waals surface area contributed by atoms with Crippen molar-refractivity contribution in [2.75, 3.05) is 19.6 Å². The maximum Gasteiger partial charge on any atom is 0.130 e. The Morgan fingerprint density at radius 2 is 1.90 bits per heavy atom. The Balaban J connectivity index is 1.80. The number of halogens is 2. The Kier molecular flexibility index (Phi) is 5.26. The summed E-state index contributed by atoms with van der Waals surface area (Å²) in [7, 11) is 0. The fraction of sp³-hybridized carbons (Fsp3) is 0.500. The van der Waals surface area contributed by atoms with E-state index in [1.807, 2.05) is 6.92 Å². The fourth-order valence-corrected chi connectivity index (χ4v) is 2.62. The van der Waals surface area contributed by atoms with Gasteiger partial charge in [0.25, 0.3) is 0 Å². The maximum atomic E-state index is 13.5. The van der Waals surface area contributed by atoms with Gasteiger partial charge in [-0.1, -0.05) is 18.2 Å². The number of hydrogen-bond donors (Lipinski definition) is 1. The largest absolute Gasteiger partial charge is 0.310 e. The van der Waals surface area contributed by atoms with E-state index in [2.05, 4.69) is 16.8 Å². The Labute approximate surface area is 119 Å². The second-order valence-corrected chi connectivity index (χ2v) is 5.59. The van der Waals surface area contributed by atoms with Crippen LogP contribution in [-0.4, -0.2) is 30.6 Å². The summed E-state index contributed by atoms with van der Waals surface area (Å²) in [6.07, 6.45) is 2.01. The van der Waals surface area contributed by atoms with Crippen LogP contribution in [0, 0.1) is 11.6 Å². The van der Waals surface area contributed by atoms with Crippen molar-refractivity contribution in [1.82, 2.24) is 10.2 Å². The Hall–Kier alpha value is -1.26. The molecule has 2 nitrogen and oxygen atoms in total. The van der Waals surface area contributed by atoms with Gasteiger partial charge in [-0.3, -0.25) is 4.90 Å². The van der Waals surface area contributed by atoms with Gasteiger partial charge in [0.05, 0.1) is 0 Å². The summed E-state index contributed by atoms with van der Waals surface area (Å²) in [4.78, 5) is 2.37. The quantitative estimate of drug-likeness (QED) is 0.834. The van der Waals surface area contributed by atoms with Gasteiger partial charge in [-0.05, 0) is 45.0 Å². The summed E-state index contributed by atoms with van der Waals surface area (Å²) in [5.74, 6) is -0.950. The number of benzene rings is 1. The minimum absolute atomic E-state index is 0.136. The summed E-state index contributed by atoms with van der Waals surface area (Å²) in [5, 5.41) is 3.26. The molecule has 1 N–H and O–H groups in total. The van der Waals surface area contributed by atoms with E-state index < -0.39 is 11.6 Å². The van der Waals surface area contributed by atoms with Crippen molar-refractivity contribution in [3.8, 4) is 0 Å². The molecule has 0 unspecified atom stereocenters. The summed E-state index contributed by atoms with van der Waals surface area (Å²) in [6, 6.07) is 4.32. The van der Waals surface area contributed by atoms with Crippen LogP contribution in [-0.2, 0) is 6.54 Å². The number of hydrogen-bond acceptors (Lipinski definition) is 2. The zero-order valence-electron chi connectivity index (χ0n) is 12.0. The van der Waals surface area contributed by atoms with E-state index in [4.69, 9.17) is 0 Å². The molecule has 1 fully saturated rings. The molecule has 20 heavy (non-hydrogen) atoms. The van der Waals surface area contributed by atoms with Crippen molar-refractivity contribution in [2.45, 2.75) is 32.4 Å². The van der Waals surface area contributed by atoms with Crippen molar-refractivity contribution in [1.29, 1.82) is 0 Å². The first kappa shape index (κ1) is 15.1. The van der Waals surface area contributed by atoms with Crippen LogP contribution >= 0.6 is 0 Å². The second-order valence-electron chi connectivity index (χ2n) is 5.59. The molecule has 0 radical (unpaired) electrons. The highest BCUT2D eigenvalue weighted by Crippen LogP contribution is 2.15. The molecule has 0 bridgehead atoms. The average molecular weight is 280 g/mol. The molecule has 0 amide bonds. The van der Waals surface area contributed by atoms with Crippen LogP contribution in [0.15, 0.2) is 30.4 Å². The lowest BCUT2D eigenvalue weighted by Crippen LogP contribution is -2.42. The van der Waals surface area contributed by atoms with Crippen LogP contribution in [0.5, 0.6) is 0 Å². The van der Waals surface area contributed by atoms with Crippen molar-refractivity contribution in [3.05, 3.63) is 47.5 Å². The van der Waals surface area contributed by atoms with Crippen molar-refractivity contribution < 1.29 is 8.78 Å². The van der Waals surface area contributed by atoms with Crippen LogP contribution in [0.3, 0.4) is 0 Å². The molecule has 0 saturated carbocycles. The molecule has 1 heterocycles. The molecule has 110 valence electrons. The van der Waals surface area contributed by atoms with E-state index in [1.165, 1.54) is 23.8 Å². The SMILES string of the molecule is C=C(C)CN1CCC(NCc2c(F)cccc2F)CC1. The monoisotopic (exact) mass is 280 g/mol. The Morgan fingerprint density at radius 3 is 2.45 bits per heavy atom. The van der Waals surface area contributed by atoms with E-state index >= 15 is 0 Å². The lowest BCUT2D eigenvalue weighted by molar-refractivity contribution is 0.210. The predicted octanol–water partition coefficient (Wildman–Crippen LogP) is 3.09. The minimum Gasteiger partial charge on any atom is -0.310 e. The number of likely N-dealkylation sites (tertiary alicyclic amines) is 1. The highest BCUT2D eigenvalue weighted by Gasteiger charge is 2.19. The number of nitrogens with one attached hydrogen (secondary N) is 1. The van der Waals surface area contributed by atoms with Gasteiger partial charge in [-0.15, -0.1) is 0 Å². The highest BCUT2D eigenvalue weighted by atomic mass is 19.1. The molecule has 1 aromatic carbocycles. The first-order valence-corrected chi connectivity index (χ1v) is 7.09. The molecule has 0 spiro atoms. The third kappa shape index (κ3) is 4.12. The van der Waals surface area contributed by atoms with Crippen molar-refractivity contribution in [3.63, 3.8) is 0 Å². The average Bonchev–Trinajstić information content (AvgIpc) is 2.39. The predicted molar refractivity (Wildman–Crippen MR) is 77.5 cm³/mol. The molecule has 4 heteroatoms. The normalized spacial score (nSPS) is 17.4. The van der Waals surface area contributed by atoms with Crippen LogP contribution < -0.4 is 5.32 Å². The molecule has 0 aromatic heterocycles. The van der Waals surface area contributed by atoms with Gasteiger partial charge in [0.1, 0.15) is 11.6 Å². The van der Waals surface area contributed by atoms with Crippen LogP contribution in [0.4, 0.5) is 8.78 Å². The van der Waals surface area contributed by atoms with E-state index in [0.29, 0.717) is 6.04 Å². The van der Waals surface area contributed by atoms with E-state index in [0.717, 1.165) is 32.5 Å². The Morgan fingerprint density at radius 1 is 1.30 bits per heavy atom. The maximum absolute atomic E-state index is 13.5. The van der Waals surface area contributed by atoms with Crippen molar-refractivity contribution in [2.24, 2.45) is 0 Å². The molecule has 0 aliphatic carbocycles. The van der Waals surface area contributed by atoms with Gasteiger partial charge in [0.2, 0.25) is 0 Å². The minimum atomic E-state index is -0.475. The highest BCUT2D eigenvalue weighted by molar-refractivity contribution is 5.19. The first-order valence-electron chi connectivity index (χ1n) is 7.09. The number of piperidine rings is 1. The molecule has 2 rings (SSSR count). The second kappa shape index (κ2) is 6.95. The topological polar surface area (TPSA) is 15.3 Å². The first-order chi connectivity index (χ1) is 9.56.